The Hall–Kier alpha value is -5.39. The van der Waals surface area contributed by atoms with Gasteiger partial charge < -0.3 is 9.84 Å². The molecule has 12 nitrogen and oxygen atoms in total. The van der Waals surface area contributed by atoms with Gasteiger partial charge in [-0.2, -0.15) is 5.10 Å². The van der Waals surface area contributed by atoms with Crippen LogP contribution in [-0.4, -0.2) is 33.0 Å². The molecular formula is C23H16N4O8. The van der Waals surface area contributed by atoms with Gasteiger partial charge in [-0.15, -0.1) is 0 Å². The minimum Gasteiger partial charge on any atom is -0.507 e. The number of para-hydroxylation sites is 2. The Bertz CT molecular complexity index is 1350. The molecule has 12 heteroatoms. The first kappa shape index (κ1) is 24.3. The van der Waals surface area contributed by atoms with Crippen molar-refractivity contribution in [2.45, 2.75) is 0 Å². The van der Waals surface area contributed by atoms with Crippen LogP contribution >= 0.6 is 0 Å². The number of rotatable bonds is 8. The molecule has 3 aromatic rings. The van der Waals surface area contributed by atoms with E-state index in [2.05, 4.69) is 10.5 Å². The number of nitro groups is 2. The molecule has 0 atom stereocenters. The van der Waals surface area contributed by atoms with Crippen LogP contribution in [0.15, 0.2) is 77.9 Å². The molecule has 0 fully saturated rings. The number of aromatic hydroxyl groups is 1. The summed E-state index contributed by atoms with van der Waals surface area (Å²) < 4.78 is 5.16. The zero-order chi connectivity index (χ0) is 25.4. The standard InChI is InChI=1S/C23H16N4O8/c28-20-7-2-1-5-18(20)23(30)25-24-14-16-4-3-6-19(27(33)34)22(16)35-21(29)13-10-15-8-11-17(12-9-15)26(31)32/h1-14,28H,(H,25,30)/b13-10+,24-14+. The lowest BCUT2D eigenvalue weighted by molar-refractivity contribution is -0.385. The molecule has 0 saturated heterocycles. The molecule has 0 aliphatic carbocycles. The maximum absolute atomic E-state index is 12.3. The highest BCUT2D eigenvalue weighted by atomic mass is 16.6. The van der Waals surface area contributed by atoms with E-state index in [-0.39, 0.29) is 22.6 Å². The Labute approximate surface area is 197 Å². The quantitative estimate of drug-likeness (QED) is 0.124. The molecular weight excluding hydrogens is 460 g/mol. The number of phenols is 1. The minimum atomic E-state index is -0.953. The summed E-state index contributed by atoms with van der Waals surface area (Å²) in [7, 11) is 0. The molecule has 35 heavy (non-hydrogen) atoms. The summed E-state index contributed by atoms with van der Waals surface area (Å²) in [6.45, 7) is 0. The van der Waals surface area contributed by atoms with Crippen molar-refractivity contribution >= 4 is 35.5 Å². The second-order valence-electron chi connectivity index (χ2n) is 6.77. The van der Waals surface area contributed by atoms with E-state index >= 15 is 0 Å². The summed E-state index contributed by atoms with van der Waals surface area (Å²) in [4.78, 5) is 45.3. The lowest BCUT2D eigenvalue weighted by atomic mass is 10.2. The molecule has 3 rings (SSSR count). The SMILES string of the molecule is O=C(/C=C/c1ccc([N+](=O)[O-])cc1)Oc1c(/C=N/NC(=O)c2ccccc2O)cccc1[N+](=O)[O-]. The van der Waals surface area contributed by atoms with Gasteiger partial charge in [-0.1, -0.05) is 18.2 Å². The van der Waals surface area contributed by atoms with E-state index in [0.29, 0.717) is 5.56 Å². The summed E-state index contributed by atoms with van der Waals surface area (Å²) in [5.74, 6) is -2.35. The van der Waals surface area contributed by atoms with Gasteiger partial charge in [0.1, 0.15) is 5.75 Å². The average Bonchev–Trinajstić information content (AvgIpc) is 2.84. The number of nitrogens with zero attached hydrogens (tertiary/aromatic N) is 3. The summed E-state index contributed by atoms with van der Waals surface area (Å²) >= 11 is 0. The van der Waals surface area contributed by atoms with Crippen LogP contribution in [0.5, 0.6) is 11.5 Å². The fourth-order valence-corrected chi connectivity index (χ4v) is 2.79. The van der Waals surface area contributed by atoms with Gasteiger partial charge in [-0.05, 0) is 42.0 Å². The number of nitro benzene ring substituents is 2. The van der Waals surface area contributed by atoms with Crippen molar-refractivity contribution in [2.75, 3.05) is 0 Å². The highest BCUT2D eigenvalue weighted by Crippen LogP contribution is 2.30. The maximum atomic E-state index is 12.3. The largest absolute Gasteiger partial charge is 0.507 e. The fraction of sp³-hybridized carbons (Fsp3) is 0. The minimum absolute atomic E-state index is 0.0221. The lowest BCUT2D eigenvalue weighted by Gasteiger charge is -2.06. The van der Waals surface area contributed by atoms with Gasteiger partial charge in [-0.25, -0.2) is 10.2 Å². The summed E-state index contributed by atoms with van der Waals surface area (Å²) in [5.41, 5.74) is 1.99. The molecule has 0 aromatic heterocycles. The van der Waals surface area contributed by atoms with E-state index in [1.807, 2.05) is 0 Å². The number of nitrogens with one attached hydrogen (secondary N) is 1. The Balaban J connectivity index is 1.78. The number of hydrazone groups is 1. The highest BCUT2D eigenvalue weighted by molar-refractivity contribution is 5.98. The lowest BCUT2D eigenvalue weighted by Crippen LogP contribution is -2.17. The van der Waals surface area contributed by atoms with Gasteiger partial charge in [0.25, 0.3) is 11.6 Å². The normalized spacial score (nSPS) is 10.9. The number of carbonyl (C=O) groups excluding carboxylic acids is 2. The van der Waals surface area contributed by atoms with Crippen LogP contribution in [-0.2, 0) is 4.79 Å². The number of hydrogen-bond acceptors (Lipinski definition) is 9. The third kappa shape index (κ3) is 6.32. The highest BCUT2D eigenvalue weighted by Gasteiger charge is 2.20. The van der Waals surface area contributed by atoms with Crippen LogP contribution in [0.1, 0.15) is 21.5 Å². The Kier molecular flexibility index (Phi) is 7.60. The number of benzene rings is 3. The van der Waals surface area contributed by atoms with Crippen LogP contribution in [0.2, 0.25) is 0 Å². The van der Waals surface area contributed by atoms with Crippen molar-refractivity contribution in [2.24, 2.45) is 5.10 Å². The molecule has 176 valence electrons. The van der Waals surface area contributed by atoms with E-state index < -0.39 is 33.2 Å². The maximum Gasteiger partial charge on any atom is 0.336 e. The van der Waals surface area contributed by atoms with Crippen LogP contribution in [0.25, 0.3) is 6.08 Å². The van der Waals surface area contributed by atoms with Crippen LogP contribution < -0.4 is 10.2 Å². The van der Waals surface area contributed by atoms with Crippen LogP contribution in [0.4, 0.5) is 11.4 Å². The first-order chi connectivity index (χ1) is 16.8. The fourth-order valence-electron chi connectivity index (χ4n) is 2.79. The predicted molar refractivity (Wildman–Crippen MR) is 124 cm³/mol. The zero-order valence-electron chi connectivity index (χ0n) is 17.7. The van der Waals surface area contributed by atoms with Crippen molar-refractivity contribution in [1.82, 2.24) is 5.43 Å². The molecule has 0 heterocycles. The van der Waals surface area contributed by atoms with Crippen molar-refractivity contribution < 1.29 is 29.3 Å². The number of amides is 1. The smallest absolute Gasteiger partial charge is 0.336 e. The molecule has 0 aliphatic heterocycles. The second-order valence-corrected chi connectivity index (χ2v) is 6.77. The number of non-ortho nitro benzene ring substituents is 1. The Morgan fingerprint density at radius 2 is 1.66 bits per heavy atom. The van der Waals surface area contributed by atoms with Gasteiger partial charge in [0, 0.05) is 29.8 Å². The molecule has 0 saturated carbocycles. The molecule has 1 amide bonds. The van der Waals surface area contributed by atoms with E-state index in [9.17, 15) is 34.9 Å². The third-order valence-electron chi connectivity index (χ3n) is 4.46. The van der Waals surface area contributed by atoms with Gasteiger partial charge >= 0.3 is 11.7 Å². The number of carbonyl (C=O) groups is 2. The van der Waals surface area contributed by atoms with E-state index in [0.717, 1.165) is 18.4 Å². The molecule has 0 unspecified atom stereocenters. The molecule has 0 radical (unpaired) electrons. The number of hydrogen-bond donors (Lipinski definition) is 2. The topological polar surface area (TPSA) is 174 Å². The van der Waals surface area contributed by atoms with Crippen molar-refractivity contribution in [3.05, 3.63) is 110 Å². The summed E-state index contributed by atoms with van der Waals surface area (Å²) in [5, 5.41) is 35.6. The van der Waals surface area contributed by atoms with Crippen molar-refractivity contribution in [1.29, 1.82) is 0 Å². The number of ether oxygens (including phenoxy) is 1. The third-order valence-corrected chi connectivity index (χ3v) is 4.46. The molecule has 0 bridgehead atoms. The first-order valence-electron chi connectivity index (χ1n) is 9.79. The van der Waals surface area contributed by atoms with Crippen LogP contribution in [0.3, 0.4) is 0 Å². The van der Waals surface area contributed by atoms with Crippen molar-refractivity contribution in [3.63, 3.8) is 0 Å². The zero-order valence-corrected chi connectivity index (χ0v) is 17.7. The van der Waals surface area contributed by atoms with Gasteiger partial charge in [0.05, 0.1) is 21.6 Å². The Morgan fingerprint density at radius 3 is 2.31 bits per heavy atom. The molecule has 3 aromatic carbocycles. The molecule has 0 aliphatic rings. The van der Waals surface area contributed by atoms with E-state index in [1.165, 1.54) is 60.7 Å². The van der Waals surface area contributed by atoms with E-state index in [4.69, 9.17) is 4.74 Å². The predicted octanol–water partition coefficient (Wildman–Crippen LogP) is 3.59. The number of esters is 1. The van der Waals surface area contributed by atoms with Gasteiger partial charge in [0.2, 0.25) is 5.75 Å². The monoisotopic (exact) mass is 476 g/mol. The second kappa shape index (κ2) is 11.0. The molecule has 0 spiro atoms. The van der Waals surface area contributed by atoms with Crippen molar-refractivity contribution in [3.8, 4) is 11.5 Å². The average molecular weight is 476 g/mol. The van der Waals surface area contributed by atoms with E-state index in [1.54, 1.807) is 6.07 Å². The number of phenolic OH excluding ortho intramolecular Hbond substituents is 1. The Morgan fingerprint density at radius 1 is 0.943 bits per heavy atom. The summed E-state index contributed by atoms with van der Waals surface area (Å²) in [6, 6.07) is 15.0. The van der Waals surface area contributed by atoms with Gasteiger partial charge in [0.15, 0.2) is 0 Å². The first-order valence-corrected chi connectivity index (χ1v) is 9.79. The molecule has 2 N–H and O–H groups in total. The summed E-state index contributed by atoms with van der Waals surface area (Å²) in [6.07, 6.45) is 3.37. The van der Waals surface area contributed by atoms with Gasteiger partial charge in [-0.3, -0.25) is 25.0 Å². The van der Waals surface area contributed by atoms with Crippen LogP contribution in [0, 0.1) is 20.2 Å².